The quantitative estimate of drug-likeness (QED) is 0.217. The minimum Gasteiger partial charge on any atom is -0.511 e. The Morgan fingerprint density at radius 3 is 2.33 bits per heavy atom. The Balaban J connectivity index is 2.03. The highest BCUT2D eigenvalue weighted by atomic mass is 16.3. The van der Waals surface area contributed by atoms with Gasteiger partial charge in [-0.3, -0.25) is 19.4 Å². The van der Waals surface area contributed by atoms with Gasteiger partial charge >= 0.3 is 0 Å². The Labute approximate surface area is 195 Å². The van der Waals surface area contributed by atoms with Gasteiger partial charge in [0.2, 0.25) is 0 Å². The molecular formula is C26H33N3O4. The van der Waals surface area contributed by atoms with Crippen molar-refractivity contribution in [2.75, 3.05) is 19.6 Å². The van der Waals surface area contributed by atoms with E-state index in [1.54, 1.807) is 36.4 Å². The number of nitrogens with zero attached hydrogens (tertiary/aromatic N) is 1. The first-order chi connectivity index (χ1) is 15.7. The number of hydrogen-bond donors (Lipinski definition) is 3. The third-order valence-corrected chi connectivity index (χ3v) is 5.25. The van der Waals surface area contributed by atoms with Gasteiger partial charge in [0, 0.05) is 31.6 Å². The normalized spacial score (nSPS) is 17.9. The van der Waals surface area contributed by atoms with Crippen LogP contribution in [-0.2, 0) is 4.79 Å². The summed E-state index contributed by atoms with van der Waals surface area (Å²) in [7, 11) is 0. The number of allylic oxidation sites excluding steroid dienone is 2. The molecule has 0 spiro atoms. The van der Waals surface area contributed by atoms with Gasteiger partial charge in [-0.2, -0.15) is 0 Å². The van der Waals surface area contributed by atoms with Crippen LogP contribution in [-0.4, -0.2) is 48.1 Å². The SMILES string of the molecule is C=CCN=C1CC(C)(C)CC(=O)/C1=C(/O)CCCNC(=O)c1ccccc1C(=O)NCC=C. The van der Waals surface area contributed by atoms with Crippen LogP contribution in [0, 0.1) is 5.41 Å². The van der Waals surface area contributed by atoms with E-state index in [9.17, 15) is 19.5 Å². The number of ketones is 1. The molecule has 1 saturated carbocycles. The van der Waals surface area contributed by atoms with Crippen molar-refractivity contribution in [3.8, 4) is 0 Å². The molecule has 3 N–H and O–H groups in total. The third-order valence-electron chi connectivity index (χ3n) is 5.25. The highest BCUT2D eigenvalue weighted by molar-refractivity contribution is 6.24. The number of Topliss-reactive ketones (excluding diaryl/α,β-unsaturated/α-hetero) is 1. The van der Waals surface area contributed by atoms with Crippen molar-refractivity contribution < 1.29 is 19.5 Å². The van der Waals surface area contributed by atoms with E-state index in [0.29, 0.717) is 43.6 Å². The Kier molecular flexibility index (Phi) is 9.33. The first-order valence-corrected chi connectivity index (χ1v) is 11.1. The summed E-state index contributed by atoms with van der Waals surface area (Å²) in [6.45, 7) is 12.2. The predicted octanol–water partition coefficient (Wildman–Crippen LogP) is 3.94. The van der Waals surface area contributed by atoms with E-state index in [-0.39, 0.29) is 52.9 Å². The first-order valence-electron chi connectivity index (χ1n) is 11.1. The van der Waals surface area contributed by atoms with Crippen LogP contribution in [0.5, 0.6) is 0 Å². The predicted molar refractivity (Wildman–Crippen MR) is 131 cm³/mol. The van der Waals surface area contributed by atoms with E-state index < -0.39 is 0 Å². The van der Waals surface area contributed by atoms with E-state index in [1.807, 2.05) is 13.8 Å². The van der Waals surface area contributed by atoms with Crippen molar-refractivity contribution in [3.63, 3.8) is 0 Å². The molecule has 0 heterocycles. The van der Waals surface area contributed by atoms with Crippen molar-refractivity contribution in [1.82, 2.24) is 10.6 Å². The van der Waals surface area contributed by atoms with Gasteiger partial charge < -0.3 is 15.7 Å². The molecule has 1 aliphatic rings. The van der Waals surface area contributed by atoms with Gasteiger partial charge in [0.1, 0.15) is 5.76 Å². The number of aliphatic imine (C=N–C) groups is 1. The lowest BCUT2D eigenvalue weighted by atomic mass is 9.73. The van der Waals surface area contributed by atoms with Gasteiger partial charge in [0.05, 0.1) is 23.2 Å². The molecule has 0 unspecified atom stereocenters. The summed E-state index contributed by atoms with van der Waals surface area (Å²) in [6, 6.07) is 6.56. The van der Waals surface area contributed by atoms with Gasteiger partial charge in [-0.15, -0.1) is 13.2 Å². The summed E-state index contributed by atoms with van der Waals surface area (Å²) >= 11 is 0. The van der Waals surface area contributed by atoms with E-state index in [2.05, 4.69) is 28.8 Å². The Morgan fingerprint density at radius 2 is 1.73 bits per heavy atom. The Bertz CT molecular complexity index is 989. The van der Waals surface area contributed by atoms with Gasteiger partial charge in [-0.05, 0) is 30.4 Å². The van der Waals surface area contributed by atoms with E-state index in [0.717, 1.165) is 0 Å². The van der Waals surface area contributed by atoms with Crippen LogP contribution < -0.4 is 10.6 Å². The fourth-order valence-corrected chi connectivity index (χ4v) is 3.74. The van der Waals surface area contributed by atoms with Crippen molar-refractivity contribution in [2.45, 2.75) is 39.5 Å². The minimum atomic E-state index is -0.379. The number of rotatable bonds is 10. The molecule has 1 aromatic rings. The van der Waals surface area contributed by atoms with Crippen molar-refractivity contribution in [1.29, 1.82) is 0 Å². The number of amides is 2. The summed E-state index contributed by atoms with van der Waals surface area (Å²) in [5, 5.41) is 16.1. The molecule has 1 aliphatic carbocycles. The zero-order chi connectivity index (χ0) is 24.4. The molecule has 7 heteroatoms. The number of hydrogen-bond acceptors (Lipinski definition) is 5. The largest absolute Gasteiger partial charge is 0.511 e. The topological polar surface area (TPSA) is 108 Å². The van der Waals surface area contributed by atoms with Crippen LogP contribution in [0.15, 0.2) is 65.9 Å². The smallest absolute Gasteiger partial charge is 0.252 e. The number of carbonyl (C=O) groups excluding carboxylic acids is 3. The van der Waals surface area contributed by atoms with Crippen molar-refractivity contribution >= 4 is 23.3 Å². The molecule has 7 nitrogen and oxygen atoms in total. The molecule has 0 aliphatic heterocycles. The van der Waals surface area contributed by atoms with Crippen LogP contribution in [0.4, 0.5) is 0 Å². The van der Waals surface area contributed by atoms with Gasteiger partial charge in [0.25, 0.3) is 11.8 Å². The molecule has 33 heavy (non-hydrogen) atoms. The maximum Gasteiger partial charge on any atom is 0.252 e. The Hall–Kier alpha value is -3.48. The van der Waals surface area contributed by atoms with E-state index in [1.165, 1.54) is 0 Å². The maximum atomic E-state index is 12.7. The zero-order valence-corrected chi connectivity index (χ0v) is 19.4. The third kappa shape index (κ3) is 7.27. The number of carbonyl (C=O) groups is 3. The summed E-state index contributed by atoms with van der Waals surface area (Å²) in [6.07, 6.45) is 4.83. The second kappa shape index (κ2) is 11.9. The summed E-state index contributed by atoms with van der Waals surface area (Å²) < 4.78 is 0. The van der Waals surface area contributed by atoms with E-state index >= 15 is 0 Å². The van der Waals surface area contributed by atoms with Crippen LogP contribution >= 0.6 is 0 Å². The molecular weight excluding hydrogens is 418 g/mol. The summed E-state index contributed by atoms with van der Waals surface area (Å²) in [4.78, 5) is 42.0. The number of aliphatic hydroxyl groups excluding tert-OH is 1. The molecule has 176 valence electrons. The molecule has 0 aromatic heterocycles. The number of nitrogens with one attached hydrogen (secondary N) is 2. The maximum absolute atomic E-state index is 12.7. The summed E-state index contributed by atoms with van der Waals surface area (Å²) in [5.41, 5.74) is 1.24. The van der Waals surface area contributed by atoms with Crippen LogP contribution in [0.1, 0.15) is 60.2 Å². The van der Waals surface area contributed by atoms with Gasteiger partial charge in [-0.25, -0.2) is 0 Å². The molecule has 2 rings (SSSR count). The van der Waals surface area contributed by atoms with Crippen LogP contribution in [0.3, 0.4) is 0 Å². The lowest BCUT2D eigenvalue weighted by Gasteiger charge is -2.31. The van der Waals surface area contributed by atoms with Gasteiger partial charge in [0.15, 0.2) is 5.78 Å². The highest BCUT2D eigenvalue weighted by Gasteiger charge is 2.35. The zero-order valence-electron chi connectivity index (χ0n) is 19.4. The Morgan fingerprint density at radius 1 is 1.09 bits per heavy atom. The standard InChI is InChI=1S/C26H33N3O4/c1-5-13-27-20-16-26(3,4)17-22(31)23(20)21(30)12-9-15-29-25(33)19-11-8-7-10-18(19)24(32)28-14-6-2/h5-8,10-11,30H,1-2,9,12-17H2,3-4H3,(H,28,32)(H,29,33)/b23-21+,27-20?. The molecule has 0 bridgehead atoms. The minimum absolute atomic E-state index is 0.00300. The first kappa shape index (κ1) is 25.8. The fraction of sp³-hybridized carbons (Fsp3) is 0.385. The fourth-order valence-electron chi connectivity index (χ4n) is 3.74. The highest BCUT2D eigenvalue weighted by Crippen LogP contribution is 2.35. The molecule has 1 aromatic carbocycles. The molecule has 1 fully saturated rings. The van der Waals surface area contributed by atoms with Crippen molar-refractivity contribution in [3.05, 3.63) is 72.0 Å². The molecule has 2 amide bonds. The number of benzene rings is 1. The van der Waals surface area contributed by atoms with Crippen molar-refractivity contribution in [2.24, 2.45) is 10.4 Å². The average Bonchev–Trinajstić information content (AvgIpc) is 2.77. The van der Waals surface area contributed by atoms with E-state index in [4.69, 9.17) is 0 Å². The van der Waals surface area contributed by atoms with Crippen LogP contribution in [0.2, 0.25) is 0 Å². The second-order valence-electron chi connectivity index (χ2n) is 8.74. The number of aliphatic hydroxyl groups is 1. The van der Waals surface area contributed by atoms with Crippen LogP contribution in [0.25, 0.3) is 0 Å². The molecule has 0 saturated heterocycles. The van der Waals surface area contributed by atoms with Gasteiger partial charge in [-0.1, -0.05) is 38.1 Å². The monoisotopic (exact) mass is 451 g/mol. The lowest BCUT2D eigenvalue weighted by molar-refractivity contribution is -0.117. The average molecular weight is 452 g/mol. The second-order valence-corrected chi connectivity index (χ2v) is 8.74. The molecule has 0 atom stereocenters. The lowest BCUT2D eigenvalue weighted by Crippen LogP contribution is -2.33. The summed E-state index contributed by atoms with van der Waals surface area (Å²) in [5.74, 6) is -0.852. The molecule has 0 radical (unpaired) electrons.